The summed E-state index contributed by atoms with van der Waals surface area (Å²) in [5.41, 5.74) is 3.10. The quantitative estimate of drug-likeness (QED) is 0.369. The SMILES string of the molecule is CN(C)[C@H]1CCN(c2ccc(Nc3ncc(Cl)c(-c4cnn(-c5ncc(C#N)cc5Cl)c4)n3)cc2)C(=O)C1. The molecule has 0 spiro atoms. The van der Waals surface area contributed by atoms with Crippen molar-refractivity contribution in [3.8, 4) is 23.1 Å². The highest BCUT2D eigenvalue weighted by Crippen LogP contribution is 2.29. The highest BCUT2D eigenvalue weighted by molar-refractivity contribution is 6.33. The zero-order chi connectivity index (χ0) is 26.8. The van der Waals surface area contributed by atoms with Crippen molar-refractivity contribution in [2.45, 2.75) is 18.9 Å². The van der Waals surface area contributed by atoms with E-state index in [1.807, 2.05) is 49.3 Å². The first-order chi connectivity index (χ1) is 18.3. The number of nitrogens with zero attached hydrogens (tertiary/aromatic N) is 8. The standard InChI is InChI=1S/C26H23Cl2N9O/c1-35(2)20-7-8-36(23(38)10-20)19-5-3-18(4-6-19)33-26-31-14-22(28)24(34-26)17-13-32-37(15-17)25-21(27)9-16(11-29)12-30-25/h3-6,9,12-15,20H,7-8,10H2,1-2H3,(H,31,33,34)/t20-/m0/s1. The lowest BCUT2D eigenvalue weighted by atomic mass is 10.0. The maximum absolute atomic E-state index is 12.6. The third-order valence-corrected chi connectivity index (χ3v) is 6.89. The van der Waals surface area contributed by atoms with Gasteiger partial charge in [0, 0.05) is 48.3 Å². The molecular weight excluding hydrogens is 525 g/mol. The summed E-state index contributed by atoms with van der Waals surface area (Å²) >= 11 is 12.7. The van der Waals surface area contributed by atoms with Crippen molar-refractivity contribution in [2.75, 3.05) is 30.9 Å². The average molecular weight is 548 g/mol. The number of pyridine rings is 1. The van der Waals surface area contributed by atoms with Crippen LogP contribution in [-0.4, -0.2) is 62.2 Å². The molecule has 5 rings (SSSR count). The van der Waals surface area contributed by atoms with Crippen LogP contribution in [0.15, 0.2) is 55.1 Å². The van der Waals surface area contributed by atoms with E-state index in [0.29, 0.717) is 51.6 Å². The molecule has 12 heteroatoms. The Balaban J connectivity index is 1.32. The van der Waals surface area contributed by atoms with Gasteiger partial charge in [0.25, 0.3) is 0 Å². The van der Waals surface area contributed by atoms with E-state index < -0.39 is 0 Å². The predicted octanol–water partition coefficient (Wildman–Crippen LogP) is 4.70. The van der Waals surface area contributed by atoms with Gasteiger partial charge in [0.15, 0.2) is 5.82 Å². The number of hydrogen-bond donors (Lipinski definition) is 1. The molecule has 192 valence electrons. The molecule has 4 aromatic rings. The Labute approximate surface area is 229 Å². The molecule has 0 aliphatic carbocycles. The summed E-state index contributed by atoms with van der Waals surface area (Å²) in [6.45, 7) is 0.689. The molecule has 1 aromatic carbocycles. The van der Waals surface area contributed by atoms with E-state index in [4.69, 9.17) is 28.5 Å². The number of benzene rings is 1. The molecule has 0 saturated carbocycles. The van der Waals surface area contributed by atoms with Crippen molar-refractivity contribution in [3.63, 3.8) is 0 Å². The van der Waals surface area contributed by atoms with Crippen LogP contribution in [0.1, 0.15) is 18.4 Å². The second-order valence-electron chi connectivity index (χ2n) is 9.03. The highest BCUT2D eigenvalue weighted by Gasteiger charge is 2.27. The number of rotatable bonds is 6. The van der Waals surface area contributed by atoms with Crippen LogP contribution in [0.25, 0.3) is 17.1 Å². The van der Waals surface area contributed by atoms with Crippen molar-refractivity contribution < 1.29 is 4.79 Å². The second kappa shape index (κ2) is 10.8. The van der Waals surface area contributed by atoms with E-state index in [0.717, 1.165) is 17.8 Å². The maximum Gasteiger partial charge on any atom is 0.228 e. The van der Waals surface area contributed by atoms with Gasteiger partial charge in [-0.15, -0.1) is 0 Å². The van der Waals surface area contributed by atoms with Crippen molar-refractivity contribution in [1.29, 1.82) is 5.26 Å². The van der Waals surface area contributed by atoms with Crippen LogP contribution in [0.5, 0.6) is 0 Å². The summed E-state index contributed by atoms with van der Waals surface area (Å²) in [6, 6.07) is 11.4. The van der Waals surface area contributed by atoms with Crippen LogP contribution in [0.2, 0.25) is 10.0 Å². The molecule has 1 amide bonds. The van der Waals surface area contributed by atoms with E-state index in [2.05, 4.69) is 30.3 Å². The van der Waals surface area contributed by atoms with Gasteiger partial charge in [0.2, 0.25) is 11.9 Å². The van der Waals surface area contributed by atoms with Crippen molar-refractivity contribution in [2.24, 2.45) is 0 Å². The predicted molar refractivity (Wildman–Crippen MR) is 146 cm³/mol. The van der Waals surface area contributed by atoms with Gasteiger partial charge in [0.05, 0.1) is 33.7 Å². The van der Waals surface area contributed by atoms with E-state index in [-0.39, 0.29) is 11.9 Å². The number of nitriles is 1. The lowest BCUT2D eigenvalue weighted by Crippen LogP contribution is -2.45. The van der Waals surface area contributed by atoms with Crippen molar-refractivity contribution >= 4 is 46.4 Å². The molecule has 0 unspecified atom stereocenters. The van der Waals surface area contributed by atoms with Gasteiger partial charge < -0.3 is 15.1 Å². The highest BCUT2D eigenvalue weighted by atomic mass is 35.5. The van der Waals surface area contributed by atoms with Gasteiger partial charge in [-0.2, -0.15) is 10.4 Å². The molecule has 10 nitrogen and oxygen atoms in total. The van der Waals surface area contributed by atoms with Crippen LogP contribution >= 0.6 is 23.2 Å². The fourth-order valence-electron chi connectivity index (χ4n) is 4.24. The molecule has 1 fully saturated rings. The molecule has 3 aromatic heterocycles. The van der Waals surface area contributed by atoms with Gasteiger partial charge in [-0.05, 0) is 50.8 Å². The summed E-state index contributed by atoms with van der Waals surface area (Å²) in [7, 11) is 4.01. The minimum atomic E-state index is 0.124. The normalized spacial score (nSPS) is 15.5. The van der Waals surface area contributed by atoms with Gasteiger partial charge in [-0.25, -0.2) is 19.6 Å². The van der Waals surface area contributed by atoms with Crippen LogP contribution in [-0.2, 0) is 4.79 Å². The van der Waals surface area contributed by atoms with Crippen LogP contribution < -0.4 is 10.2 Å². The molecule has 0 radical (unpaired) electrons. The van der Waals surface area contributed by atoms with Crippen molar-refractivity contribution in [1.82, 2.24) is 29.6 Å². The summed E-state index contributed by atoms with van der Waals surface area (Å²) in [6.07, 6.45) is 7.68. The number of anilines is 3. The fraction of sp³-hybridized carbons (Fsp3) is 0.231. The fourth-order valence-corrected chi connectivity index (χ4v) is 4.69. The first-order valence-electron chi connectivity index (χ1n) is 11.8. The van der Waals surface area contributed by atoms with Gasteiger partial charge in [-0.3, -0.25) is 4.79 Å². The smallest absolute Gasteiger partial charge is 0.228 e. The number of amides is 1. The van der Waals surface area contributed by atoms with E-state index in [1.165, 1.54) is 23.1 Å². The molecule has 1 atom stereocenters. The van der Waals surface area contributed by atoms with E-state index in [1.54, 1.807) is 12.4 Å². The number of carbonyl (C=O) groups excluding carboxylic acids is 1. The Hall–Kier alpha value is -4.04. The first kappa shape index (κ1) is 25.6. The molecule has 1 aliphatic heterocycles. The number of aromatic nitrogens is 5. The van der Waals surface area contributed by atoms with Gasteiger partial charge in [0.1, 0.15) is 6.07 Å². The summed E-state index contributed by atoms with van der Waals surface area (Å²) in [4.78, 5) is 29.7. The second-order valence-corrected chi connectivity index (χ2v) is 9.85. The Bertz CT molecular complexity index is 1530. The molecule has 0 bridgehead atoms. The summed E-state index contributed by atoms with van der Waals surface area (Å²) < 4.78 is 1.49. The van der Waals surface area contributed by atoms with Gasteiger partial charge in [-0.1, -0.05) is 23.2 Å². The van der Waals surface area contributed by atoms with Crippen LogP contribution in [0.3, 0.4) is 0 Å². The Morgan fingerprint density at radius 3 is 2.58 bits per heavy atom. The third kappa shape index (κ3) is 5.31. The van der Waals surface area contributed by atoms with Crippen LogP contribution in [0.4, 0.5) is 17.3 Å². The molecule has 1 aliphatic rings. The summed E-state index contributed by atoms with van der Waals surface area (Å²) in [5, 5.41) is 17.2. The number of nitrogens with one attached hydrogen (secondary N) is 1. The summed E-state index contributed by atoms with van der Waals surface area (Å²) in [5.74, 6) is 0.853. The lowest BCUT2D eigenvalue weighted by Gasteiger charge is -2.34. The minimum absolute atomic E-state index is 0.124. The van der Waals surface area contributed by atoms with Gasteiger partial charge >= 0.3 is 0 Å². The molecule has 1 N–H and O–H groups in total. The van der Waals surface area contributed by atoms with E-state index in [9.17, 15) is 4.79 Å². The van der Waals surface area contributed by atoms with E-state index >= 15 is 0 Å². The zero-order valence-electron chi connectivity index (χ0n) is 20.6. The Kier molecular flexibility index (Phi) is 7.24. The molecule has 38 heavy (non-hydrogen) atoms. The van der Waals surface area contributed by atoms with Crippen LogP contribution in [0, 0.1) is 11.3 Å². The molecular formula is C26H23Cl2N9O. The lowest BCUT2D eigenvalue weighted by molar-refractivity contribution is -0.120. The number of piperidine rings is 1. The average Bonchev–Trinajstić information content (AvgIpc) is 3.40. The topological polar surface area (TPSA) is 116 Å². The minimum Gasteiger partial charge on any atom is -0.324 e. The Morgan fingerprint density at radius 1 is 1.11 bits per heavy atom. The third-order valence-electron chi connectivity index (χ3n) is 6.33. The first-order valence-corrected chi connectivity index (χ1v) is 12.6. The monoisotopic (exact) mass is 547 g/mol. The molecule has 1 saturated heterocycles. The Morgan fingerprint density at radius 2 is 1.89 bits per heavy atom. The number of carbonyl (C=O) groups is 1. The molecule has 4 heterocycles. The largest absolute Gasteiger partial charge is 0.324 e. The van der Waals surface area contributed by atoms with Crippen molar-refractivity contribution in [3.05, 3.63) is 70.7 Å². The maximum atomic E-state index is 12.6. The number of hydrogen-bond acceptors (Lipinski definition) is 8. The zero-order valence-corrected chi connectivity index (χ0v) is 22.1. The number of halogens is 2.